The normalized spacial score (nSPS) is 11.2. The average molecular weight is 450 g/mol. The maximum Gasteiger partial charge on any atom is 0.249 e. The van der Waals surface area contributed by atoms with Gasteiger partial charge in [0.2, 0.25) is 5.91 Å². The number of carbonyl (C=O) groups excluding carboxylic acids is 1. The molecule has 2 N–H and O–H groups in total. The van der Waals surface area contributed by atoms with Crippen molar-refractivity contribution in [2.24, 2.45) is 5.73 Å². The van der Waals surface area contributed by atoms with Gasteiger partial charge in [-0.3, -0.25) is 4.79 Å². The molecule has 1 heterocycles. The molecule has 0 spiro atoms. The highest BCUT2D eigenvalue weighted by atomic mass is 16.5. The van der Waals surface area contributed by atoms with E-state index < -0.39 is 5.91 Å². The van der Waals surface area contributed by atoms with Gasteiger partial charge in [-0.1, -0.05) is 54.6 Å². The molecule has 1 amide bonds. The van der Waals surface area contributed by atoms with Crippen LogP contribution in [0.15, 0.2) is 84.9 Å². The zero-order chi connectivity index (χ0) is 23.5. The van der Waals surface area contributed by atoms with Gasteiger partial charge in [-0.15, -0.1) is 0 Å². The number of primary amides is 1. The van der Waals surface area contributed by atoms with Crippen LogP contribution in [0.4, 0.5) is 0 Å². The summed E-state index contributed by atoms with van der Waals surface area (Å²) in [6.07, 6.45) is 0. The van der Waals surface area contributed by atoms with Gasteiger partial charge in [-0.2, -0.15) is 0 Å². The van der Waals surface area contributed by atoms with Crippen LogP contribution in [0.5, 0.6) is 5.75 Å². The zero-order valence-electron chi connectivity index (χ0n) is 19.0. The number of fused-ring (bicyclic) bond motifs is 3. The van der Waals surface area contributed by atoms with Crippen LogP contribution in [0, 0.1) is 6.07 Å². The molecule has 5 aromatic rings. The van der Waals surface area contributed by atoms with Crippen molar-refractivity contribution < 1.29 is 14.3 Å². The lowest BCUT2D eigenvalue weighted by Crippen LogP contribution is -2.11. The molecule has 0 aliphatic carbocycles. The summed E-state index contributed by atoms with van der Waals surface area (Å²) < 4.78 is 13.7. The van der Waals surface area contributed by atoms with Crippen molar-refractivity contribution in [2.45, 2.75) is 19.8 Å². The van der Waals surface area contributed by atoms with E-state index in [1.165, 1.54) is 0 Å². The van der Waals surface area contributed by atoms with Gasteiger partial charge in [0.05, 0.1) is 24.2 Å². The summed E-state index contributed by atoms with van der Waals surface area (Å²) in [5.74, 6) is 0.370. The summed E-state index contributed by atoms with van der Waals surface area (Å²) in [6.45, 7) is 1.54. The van der Waals surface area contributed by atoms with E-state index in [-0.39, 0.29) is 0 Å². The van der Waals surface area contributed by atoms with Gasteiger partial charge in [-0.05, 0) is 47.5 Å². The molecule has 0 bridgehead atoms. The van der Waals surface area contributed by atoms with Crippen LogP contribution in [0.2, 0.25) is 0 Å². The molecule has 5 rings (SSSR count). The SMILES string of the molecule is COCc1c[c]c2c3c(C(N)=O)cccc3n(Cc3ccccc3OCc3ccccc3)c2c1. The molecule has 34 heavy (non-hydrogen) atoms. The third-order valence-electron chi connectivity index (χ3n) is 5.97. The van der Waals surface area contributed by atoms with E-state index in [0.717, 1.165) is 44.2 Å². The van der Waals surface area contributed by atoms with Crippen molar-refractivity contribution in [1.82, 2.24) is 4.57 Å². The molecule has 1 radical (unpaired) electrons. The minimum Gasteiger partial charge on any atom is -0.489 e. The first-order valence-corrected chi connectivity index (χ1v) is 11.1. The Hall–Kier alpha value is -4.09. The second-order valence-electron chi connectivity index (χ2n) is 8.23. The molecule has 5 heteroatoms. The summed E-state index contributed by atoms with van der Waals surface area (Å²) in [5, 5.41) is 1.68. The molecule has 0 saturated carbocycles. The second kappa shape index (κ2) is 9.41. The summed E-state index contributed by atoms with van der Waals surface area (Å²) in [6, 6.07) is 31.2. The standard InChI is InChI=1S/C29H25N2O3/c1-33-18-21-14-15-23-26(16-21)31(25-12-7-11-24(28(23)25)29(30)32)17-22-10-5-6-13-27(22)34-19-20-8-3-2-4-9-20/h2-14,16H,17-19H2,1H3,(H2,30,32). The van der Waals surface area contributed by atoms with Crippen LogP contribution in [0.3, 0.4) is 0 Å². The Morgan fingerprint density at radius 3 is 2.50 bits per heavy atom. The van der Waals surface area contributed by atoms with Crippen molar-refractivity contribution in [3.63, 3.8) is 0 Å². The molecule has 0 fully saturated rings. The Bertz CT molecular complexity index is 1470. The maximum absolute atomic E-state index is 12.2. The van der Waals surface area contributed by atoms with Gasteiger partial charge >= 0.3 is 0 Å². The van der Waals surface area contributed by atoms with Crippen molar-refractivity contribution in [3.05, 3.63) is 113 Å². The molecule has 4 aromatic carbocycles. The second-order valence-corrected chi connectivity index (χ2v) is 8.23. The Morgan fingerprint density at radius 1 is 0.912 bits per heavy atom. The van der Waals surface area contributed by atoms with Gasteiger partial charge in [0.25, 0.3) is 0 Å². The number of hydrogen-bond donors (Lipinski definition) is 1. The van der Waals surface area contributed by atoms with Crippen LogP contribution in [0.1, 0.15) is 27.0 Å². The van der Waals surface area contributed by atoms with E-state index in [4.69, 9.17) is 15.2 Å². The Kier molecular flexibility index (Phi) is 6.02. The van der Waals surface area contributed by atoms with E-state index in [9.17, 15) is 4.79 Å². The number of rotatable bonds is 8. The number of aromatic nitrogens is 1. The monoisotopic (exact) mass is 449 g/mol. The van der Waals surface area contributed by atoms with Gasteiger partial charge in [0.1, 0.15) is 12.4 Å². The minimum atomic E-state index is -0.453. The highest BCUT2D eigenvalue weighted by Gasteiger charge is 2.18. The van der Waals surface area contributed by atoms with Crippen LogP contribution in [-0.2, 0) is 24.5 Å². The van der Waals surface area contributed by atoms with Crippen LogP contribution in [0.25, 0.3) is 21.8 Å². The highest BCUT2D eigenvalue weighted by Crippen LogP contribution is 2.34. The van der Waals surface area contributed by atoms with Gasteiger partial charge in [-0.25, -0.2) is 0 Å². The first kappa shape index (κ1) is 21.7. The number of ether oxygens (including phenoxy) is 2. The van der Waals surface area contributed by atoms with Crippen LogP contribution in [-0.4, -0.2) is 17.6 Å². The topological polar surface area (TPSA) is 66.5 Å². The highest BCUT2D eigenvalue weighted by molar-refractivity contribution is 6.17. The molecule has 0 aliphatic rings. The number of hydrogen-bond acceptors (Lipinski definition) is 3. The van der Waals surface area contributed by atoms with Gasteiger partial charge in [0.15, 0.2) is 0 Å². The first-order chi connectivity index (χ1) is 16.7. The molecule has 0 unspecified atom stereocenters. The number of nitrogens with zero attached hydrogens (tertiary/aromatic N) is 1. The molecular weight excluding hydrogens is 424 g/mol. The summed E-state index contributed by atoms with van der Waals surface area (Å²) in [5.41, 5.74) is 11.3. The van der Waals surface area contributed by atoms with Crippen molar-refractivity contribution >= 4 is 27.7 Å². The van der Waals surface area contributed by atoms with Crippen molar-refractivity contribution in [3.8, 4) is 5.75 Å². The Labute approximate surface area is 198 Å². The Morgan fingerprint density at radius 2 is 1.71 bits per heavy atom. The predicted molar refractivity (Wildman–Crippen MR) is 134 cm³/mol. The summed E-state index contributed by atoms with van der Waals surface area (Å²) in [7, 11) is 1.67. The van der Waals surface area contributed by atoms with Crippen LogP contribution >= 0.6 is 0 Å². The Balaban J connectivity index is 1.62. The van der Waals surface area contributed by atoms with E-state index in [1.54, 1.807) is 13.2 Å². The molecular formula is C29H25N2O3. The third kappa shape index (κ3) is 4.14. The van der Waals surface area contributed by atoms with Crippen molar-refractivity contribution in [1.29, 1.82) is 0 Å². The largest absolute Gasteiger partial charge is 0.489 e. The fraction of sp³-hybridized carbons (Fsp3) is 0.138. The molecule has 1 aromatic heterocycles. The smallest absolute Gasteiger partial charge is 0.249 e. The number of amides is 1. The minimum absolute atomic E-state index is 0.453. The first-order valence-electron chi connectivity index (χ1n) is 11.1. The van der Waals surface area contributed by atoms with Gasteiger partial charge in [0, 0.05) is 29.0 Å². The molecule has 169 valence electrons. The molecule has 0 atom stereocenters. The van der Waals surface area contributed by atoms with E-state index in [0.29, 0.717) is 25.3 Å². The van der Waals surface area contributed by atoms with E-state index >= 15 is 0 Å². The number of nitrogens with two attached hydrogens (primary N) is 1. The lowest BCUT2D eigenvalue weighted by molar-refractivity contribution is 0.100. The quantitative estimate of drug-likeness (QED) is 0.342. The fourth-order valence-corrected chi connectivity index (χ4v) is 4.41. The van der Waals surface area contributed by atoms with Crippen molar-refractivity contribution in [2.75, 3.05) is 7.11 Å². The van der Waals surface area contributed by atoms with Gasteiger partial charge < -0.3 is 19.8 Å². The number of para-hydroxylation sites is 1. The third-order valence-corrected chi connectivity index (χ3v) is 5.97. The zero-order valence-corrected chi connectivity index (χ0v) is 19.0. The van der Waals surface area contributed by atoms with Crippen LogP contribution < -0.4 is 10.5 Å². The molecule has 0 aliphatic heterocycles. The summed E-state index contributed by atoms with van der Waals surface area (Å²) in [4.78, 5) is 12.2. The number of methoxy groups -OCH3 is 1. The molecule has 5 nitrogen and oxygen atoms in total. The number of benzene rings is 4. The molecule has 0 saturated heterocycles. The van der Waals surface area contributed by atoms with E-state index in [2.05, 4.69) is 22.8 Å². The average Bonchev–Trinajstić information content (AvgIpc) is 3.17. The lowest BCUT2D eigenvalue weighted by Gasteiger charge is -2.14. The summed E-state index contributed by atoms with van der Waals surface area (Å²) >= 11 is 0. The predicted octanol–water partition coefficient (Wildman–Crippen LogP) is 5.47. The maximum atomic E-state index is 12.2. The van der Waals surface area contributed by atoms with E-state index in [1.807, 2.05) is 66.7 Å². The lowest BCUT2D eigenvalue weighted by atomic mass is 10.0. The fourth-order valence-electron chi connectivity index (χ4n) is 4.41. The number of carbonyl (C=O) groups is 1.